The molecule has 0 spiro atoms. The van der Waals surface area contributed by atoms with E-state index in [1.165, 1.54) is 17.0 Å². The van der Waals surface area contributed by atoms with Gasteiger partial charge in [-0.25, -0.2) is 18.4 Å². The maximum Gasteiger partial charge on any atom is 0.211 e. The quantitative estimate of drug-likeness (QED) is 0.344. The highest BCUT2D eigenvalue weighted by molar-refractivity contribution is 7.88. The van der Waals surface area contributed by atoms with Gasteiger partial charge in [-0.15, -0.1) is 0 Å². The molecule has 1 saturated heterocycles. The Hall–Kier alpha value is -3.63. The van der Waals surface area contributed by atoms with Crippen molar-refractivity contribution in [2.24, 2.45) is 5.41 Å². The number of benzene rings is 1. The van der Waals surface area contributed by atoms with Crippen LogP contribution in [0.4, 0.5) is 5.69 Å². The Morgan fingerprint density at radius 1 is 0.975 bits per heavy atom. The number of fused-ring (bicyclic) bond motifs is 1. The Bertz CT molecular complexity index is 1530. The highest BCUT2D eigenvalue weighted by atomic mass is 32.2. The lowest BCUT2D eigenvalue weighted by Gasteiger charge is -2.34. The molecule has 9 nitrogen and oxygen atoms in total. The van der Waals surface area contributed by atoms with Crippen LogP contribution >= 0.6 is 0 Å². The number of nitrogens with one attached hydrogen (secondary N) is 1. The fourth-order valence-electron chi connectivity index (χ4n) is 5.54. The molecule has 4 aromatic rings. The van der Waals surface area contributed by atoms with E-state index in [1.54, 1.807) is 24.8 Å². The predicted octanol–water partition coefficient (Wildman–Crippen LogP) is 4.94. The van der Waals surface area contributed by atoms with Crippen molar-refractivity contribution in [2.45, 2.75) is 39.0 Å². The number of nitrogens with zero attached hydrogens (tertiary/aromatic N) is 5. The van der Waals surface area contributed by atoms with Gasteiger partial charge in [0.05, 0.1) is 23.7 Å². The Labute approximate surface area is 235 Å². The molecule has 0 unspecified atom stereocenters. The minimum atomic E-state index is -3.16. The lowest BCUT2D eigenvalue weighted by Crippen LogP contribution is -2.48. The number of piperazine rings is 1. The van der Waals surface area contributed by atoms with Gasteiger partial charge in [0.1, 0.15) is 5.52 Å². The predicted molar refractivity (Wildman–Crippen MR) is 158 cm³/mol. The van der Waals surface area contributed by atoms with Crippen LogP contribution in [0.3, 0.4) is 0 Å². The zero-order valence-electron chi connectivity index (χ0n) is 23.1. The Kier molecular flexibility index (Phi) is 8.27. The second-order valence-corrected chi connectivity index (χ2v) is 12.8. The third-order valence-corrected chi connectivity index (χ3v) is 9.22. The van der Waals surface area contributed by atoms with Crippen LogP contribution in [0, 0.1) is 5.41 Å². The molecule has 2 aliphatic rings. The normalized spacial score (nSPS) is 17.7. The molecule has 10 heteroatoms. The number of anilines is 1. The molecule has 0 bridgehead atoms. The molecule has 1 aliphatic heterocycles. The number of rotatable bonds is 5. The molecule has 0 radical (unpaired) electrons. The maximum atomic E-state index is 13.5. The molecule has 1 aliphatic carbocycles. The SMILES string of the molecule is CC1(C(=O)c2c[nH]c3ncc(-c4cccc(N5CCN(S(C)(=O)=O)CC5)c4)nc23)CCCCC1.c1ccncc1. The molecule has 6 rings (SSSR count). The highest BCUT2D eigenvalue weighted by Crippen LogP contribution is 2.39. The zero-order chi connectivity index (χ0) is 28.2. The van der Waals surface area contributed by atoms with Crippen LogP contribution in [-0.2, 0) is 10.0 Å². The summed E-state index contributed by atoms with van der Waals surface area (Å²) < 4.78 is 25.1. The van der Waals surface area contributed by atoms with Crippen LogP contribution in [0.15, 0.2) is 67.3 Å². The van der Waals surface area contributed by atoms with E-state index in [0.717, 1.165) is 36.9 Å². The molecule has 2 fully saturated rings. The first-order chi connectivity index (χ1) is 19.2. The van der Waals surface area contributed by atoms with Crippen molar-refractivity contribution in [1.82, 2.24) is 24.2 Å². The number of Topliss-reactive ketones (excluding diaryl/α,β-unsaturated/α-hetero) is 1. The average Bonchev–Trinajstić information content (AvgIpc) is 3.41. The van der Waals surface area contributed by atoms with Gasteiger partial charge in [0.15, 0.2) is 11.4 Å². The third kappa shape index (κ3) is 6.23. The van der Waals surface area contributed by atoms with Crippen LogP contribution in [0.5, 0.6) is 0 Å². The van der Waals surface area contributed by atoms with Crippen molar-refractivity contribution in [2.75, 3.05) is 37.3 Å². The van der Waals surface area contributed by atoms with Crippen LogP contribution in [-0.4, -0.2) is 70.9 Å². The molecule has 40 heavy (non-hydrogen) atoms. The summed E-state index contributed by atoms with van der Waals surface area (Å²) in [5, 5.41) is 0. The molecular formula is C30H36N6O3S. The van der Waals surface area contributed by atoms with Gasteiger partial charge < -0.3 is 9.88 Å². The van der Waals surface area contributed by atoms with Crippen molar-refractivity contribution in [3.63, 3.8) is 0 Å². The van der Waals surface area contributed by atoms with Crippen LogP contribution in [0.1, 0.15) is 49.4 Å². The van der Waals surface area contributed by atoms with Gasteiger partial charge in [-0.1, -0.05) is 44.4 Å². The van der Waals surface area contributed by atoms with Gasteiger partial charge in [0.25, 0.3) is 0 Å². The second kappa shape index (κ2) is 11.9. The van der Waals surface area contributed by atoms with Gasteiger partial charge in [0, 0.05) is 61.4 Å². The van der Waals surface area contributed by atoms with Gasteiger partial charge in [-0.2, -0.15) is 4.31 Å². The van der Waals surface area contributed by atoms with Crippen LogP contribution < -0.4 is 4.90 Å². The molecule has 4 heterocycles. The number of H-pyrrole nitrogens is 1. The summed E-state index contributed by atoms with van der Waals surface area (Å²) in [6.07, 6.45) is 13.5. The van der Waals surface area contributed by atoms with Gasteiger partial charge in [-0.3, -0.25) is 9.78 Å². The first-order valence-electron chi connectivity index (χ1n) is 13.8. The van der Waals surface area contributed by atoms with Crippen molar-refractivity contribution < 1.29 is 13.2 Å². The molecular weight excluding hydrogens is 524 g/mol. The minimum Gasteiger partial charge on any atom is -0.369 e. The molecule has 210 valence electrons. The summed E-state index contributed by atoms with van der Waals surface area (Å²) in [5.41, 5.74) is 4.20. The summed E-state index contributed by atoms with van der Waals surface area (Å²) in [7, 11) is -3.16. The van der Waals surface area contributed by atoms with E-state index in [9.17, 15) is 13.2 Å². The maximum absolute atomic E-state index is 13.5. The molecule has 0 atom stereocenters. The summed E-state index contributed by atoms with van der Waals surface area (Å²) in [5.74, 6) is 0.155. The van der Waals surface area contributed by atoms with E-state index in [2.05, 4.69) is 32.8 Å². The van der Waals surface area contributed by atoms with Gasteiger partial charge >= 0.3 is 0 Å². The number of pyridine rings is 1. The second-order valence-electron chi connectivity index (χ2n) is 10.8. The monoisotopic (exact) mass is 560 g/mol. The van der Waals surface area contributed by atoms with Crippen molar-refractivity contribution in [3.05, 3.63) is 72.8 Å². The largest absolute Gasteiger partial charge is 0.369 e. The third-order valence-electron chi connectivity index (χ3n) is 7.91. The Balaban J connectivity index is 0.000000477. The summed E-state index contributed by atoms with van der Waals surface area (Å²) in [4.78, 5) is 32.0. The standard InChI is InChI=1S/C25H31N5O3S.C5H5N/c1-25(9-4-3-5-10-25)23(31)20-16-26-24-22(20)28-21(17-27-24)18-7-6-8-19(15-18)29-11-13-30(14-12-29)34(2,32)33;1-2-4-6-5-3-1/h6-8,15-17H,3-5,9-14H2,1-2H3,(H,26,27);1-5H. The van der Waals surface area contributed by atoms with Gasteiger partial charge in [-0.05, 0) is 37.1 Å². The van der Waals surface area contributed by atoms with E-state index in [-0.39, 0.29) is 11.2 Å². The number of sulfonamides is 1. The molecule has 1 saturated carbocycles. The topological polar surface area (TPSA) is 112 Å². The molecule has 0 amide bonds. The molecule has 1 N–H and O–H groups in total. The average molecular weight is 561 g/mol. The Morgan fingerprint density at radius 2 is 1.70 bits per heavy atom. The number of aromatic nitrogens is 4. The lowest BCUT2D eigenvalue weighted by atomic mass is 9.71. The van der Waals surface area contributed by atoms with E-state index in [0.29, 0.717) is 48.6 Å². The number of carbonyl (C=O) groups excluding carboxylic acids is 1. The number of carbonyl (C=O) groups is 1. The van der Waals surface area contributed by atoms with E-state index < -0.39 is 10.0 Å². The fraction of sp³-hybridized carbons (Fsp3) is 0.400. The van der Waals surface area contributed by atoms with Crippen LogP contribution in [0.25, 0.3) is 22.4 Å². The summed E-state index contributed by atoms with van der Waals surface area (Å²) in [6, 6.07) is 13.8. The van der Waals surface area contributed by atoms with Crippen LogP contribution in [0.2, 0.25) is 0 Å². The number of ketones is 1. The van der Waals surface area contributed by atoms with Crippen molar-refractivity contribution in [3.8, 4) is 11.3 Å². The first-order valence-corrected chi connectivity index (χ1v) is 15.6. The number of aromatic amines is 1. The van der Waals surface area contributed by atoms with E-state index in [4.69, 9.17) is 4.98 Å². The lowest BCUT2D eigenvalue weighted by molar-refractivity contribution is 0.0751. The summed E-state index contributed by atoms with van der Waals surface area (Å²) in [6.45, 7) is 4.30. The summed E-state index contributed by atoms with van der Waals surface area (Å²) >= 11 is 0. The fourth-order valence-corrected chi connectivity index (χ4v) is 6.37. The zero-order valence-corrected chi connectivity index (χ0v) is 23.9. The van der Waals surface area contributed by atoms with E-state index in [1.807, 2.05) is 36.4 Å². The molecule has 3 aromatic heterocycles. The Morgan fingerprint density at radius 3 is 2.33 bits per heavy atom. The molecule has 1 aromatic carbocycles. The van der Waals surface area contributed by atoms with Crippen molar-refractivity contribution in [1.29, 1.82) is 0 Å². The van der Waals surface area contributed by atoms with Gasteiger partial charge in [0.2, 0.25) is 10.0 Å². The minimum absolute atomic E-state index is 0.155. The first kappa shape index (κ1) is 27.9. The smallest absolute Gasteiger partial charge is 0.211 e. The number of hydrogen-bond acceptors (Lipinski definition) is 7. The van der Waals surface area contributed by atoms with Crippen molar-refractivity contribution >= 4 is 32.7 Å². The highest BCUT2D eigenvalue weighted by Gasteiger charge is 2.36. The number of hydrogen-bond donors (Lipinski definition) is 1. The van der Waals surface area contributed by atoms with E-state index >= 15 is 0 Å².